The lowest BCUT2D eigenvalue weighted by Crippen LogP contribution is -2.29. The molecule has 0 aliphatic rings. The number of halogens is 1. The van der Waals surface area contributed by atoms with Crippen molar-refractivity contribution >= 4 is 33.3 Å². The van der Waals surface area contributed by atoms with Gasteiger partial charge < -0.3 is 15.7 Å². The van der Waals surface area contributed by atoms with Gasteiger partial charge in [-0.25, -0.2) is 4.98 Å². The number of rotatable bonds is 8. The van der Waals surface area contributed by atoms with Crippen molar-refractivity contribution in [3.63, 3.8) is 0 Å². The third-order valence-electron chi connectivity index (χ3n) is 4.85. The summed E-state index contributed by atoms with van der Waals surface area (Å²) in [6.07, 6.45) is 2.84. The van der Waals surface area contributed by atoms with Gasteiger partial charge in [-0.3, -0.25) is 4.79 Å². The highest BCUT2D eigenvalue weighted by atomic mass is 79.9. The number of aromatic hydroxyl groups is 1. The van der Waals surface area contributed by atoms with Crippen LogP contribution in [0.2, 0.25) is 0 Å². The normalized spacial score (nSPS) is 10.9. The second-order valence-electron chi connectivity index (χ2n) is 7.03. The minimum absolute atomic E-state index is 0.0160. The van der Waals surface area contributed by atoms with Crippen LogP contribution in [0.25, 0.3) is 16.9 Å². The Bertz CT molecular complexity index is 1190. The van der Waals surface area contributed by atoms with E-state index in [4.69, 9.17) is 0 Å². The Balaban J connectivity index is 1.40. The van der Waals surface area contributed by atoms with Crippen molar-refractivity contribution in [1.82, 2.24) is 19.9 Å². The third-order valence-corrected chi connectivity index (χ3v) is 5.41. The van der Waals surface area contributed by atoms with E-state index in [0.29, 0.717) is 42.2 Å². The number of nitrogens with zero attached hydrogens (tertiary/aromatic N) is 3. The van der Waals surface area contributed by atoms with Crippen LogP contribution in [0.4, 0.5) is 5.82 Å². The fraction of sp³-hybridized carbons (Fsp3) is 0.174. The molecule has 2 heterocycles. The summed E-state index contributed by atoms with van der Waals surface area (Å²) in [6, 6.07) is 18.9. The molecular formula is C23H22BrN5O2. The maximum atomic E-state index is 12.1. The van der Waals surface area contributed by atoms with Gasteiger partial charge >= 0.3 is 0 Å². The number of phenolic OH excluding ortho intramolecular Hbond substituents is 1. The molecule has 1 amide bonds. The molecule has 0 spiro atoms. The zero-order valence-corrected chi connectivity index (χ0v) is 18.3. The highest BCUT2D eigenvalue weighted by Gasteiger charge is 2.13. The minimum Gasteiger partial charge on any atom is -0.507 e. The van der Waals surface area contributed by atoms with Gasteiger partial charge in [-0.15, -0.1) is 0 Å². The van der Waals surface area contributed by atoms with Crippen LogP contribution in [-0.4, -0.2) is 38.7 Å². The van der Waals surface area contributed by atoms with E-state index in [0.717, 1.165) is 16.5 Å². The van der Waals surface area contributed by atoms with E-state index in [2.05, 4.69) is 36.6 Å². The fourth-order valence-corrected chi connectivity index (χ4v) is 3.62. The van der Waals surface area contributed by atoms with E-state index in [1.54, 1.807) is 22.8 Å². The SMILES string of the molecule is O=C(CCc1ccccc1)NCCNc1cc(-c2ccccc2O)nc2c(Br)cnn12. The van der Waals surface area contributed by atoms with Crippen LogP contribution in [0.5, 0.6) is 5.75 Å². The van der Waals surface area contributed by atoms with E-state index < -0.39 is 0 Å². The Morgan fingerprint density at radius 3 is 2.65 bits per heavy atom. The van der Waals surface area contributed by atoms with Gasteiger partial charge in [0.2, 0.25) is 5.91 Å². The summed E-state index contributed by atoms with van der Waals surface area (Å²) >= 11 is 3.47. The molecule has 158 valence electrons. The predicted molar refractivity (Wildman–Crippen MR) is 124 cm³/mol. The number of aromatic nitrogens is 3. The molecule has 3 N–H and O–H groups in total. The molecule has 8 heteroatoms. The lowest BCUT2D eigenvalue weighted by atomic mass is 10.1. The average molecular weight is 480 g/mol. The van der Waals surface area contributed by atoms with Crippen LogP contribution < -0.4 is 10.6 Å². The van der Waals surface area contributed by atoms with Gasteiger partial charge in [0.15, 0.2) is 5.65 Å². The van der Waals surface area contributed by atoms with Crippen LogP contribution in [0.15, 0.2) is 71.3 Å². The molecule has 4 aromatic rings. The predicted octanol–water partition coefficient (Wildman–Crippen LogP) is 4.03. The van der Waals surface area contributed by atoms with E-state index >= 15 is 0 Å². The third kappa shape index (κ3) is 5.03. The highest BCUT2D eigenvalue weighted by Crippen LogP contribution is 2.30. The maximum Gasteiger partial charge on any atom is 0.220 e. The average Bonchev–Trinajstić information content (AvgIpc) is 3.17. The maximum absolute atomic E-state index is 12.1. The number of amides is 1. The first-order valence-corrected chi connectivity index (χ1v) is 10.8. The second-order valence-corrected chi connectivity index (χ2v) is 7.89. The van der Waals surface area contributed by atoms with Gasteiger partial charge in [-0.1, -0.05) is 42.5 Å². The van der Waals surface area contributed by atoms with Gasteiger partial charge in [-0.05, 0) is 40.0 Å². The largest absolute Gasteiger partial charge is 0.507 e. The number of benzene rings is 2. The van der Waals surface area contributed by atoms with Crippen LogP contribution in [0, 0.1) is 0 Å². The molecule has 0 radical (unpaired) electrons. The summed E-state index contributed by atoms with van der Waals surface area (Å²) in [7, 11) is 0. The zero-order chi connectivity index (χ0) is 21.6. The number of para-hydroxylation sites is 1. The van der Waals surface area contributed by atoms with Gasteiger partial charge in [-0.2, -0.15) is 9.61 Å². The number of phenols is 1. The smallest absolute Gasteiger partial charge is 0.220 e. The van der Waals surface area contributed by atoms with Crippen molar-refractivity contribution in [1.29, 1.82) is 0 Å². The topological polar surface area (TPSA) is 91.5 Å². The lowest BCUT2D eigenvalue weighted by Gasteiger charge is -2.12. The summed E-state index contributed by atoms with van der Waals surface area (Å²) in [6.45, 7) is 1.000. The molecule has 0 unspecified atom stereocenters. The molecule has 0 saturated carbocycles. The quantitative estimate of drug-likeness (QED) is 0.332. The Morgan fingerprint density at radius 1 is 1.06 bits per heavy atom. The van der Waals surface area contributed by atoms with Crippen molar-refractivity contribution < 1.29 is 9.90 Å². The highest BCUT2D eigenvalue weighted by molar-refractivity contribution is 9.10. The van der Waals surface area contributed by atoms with Gasteiger partial charge in [0.05, 0.1) is 16.4 Å². The summed E-state index contributed by atoms with van der Waals surface area (Å²) in [4.78, 5) is 16.7. The number of hydrogen-bond acceptors (Lipinski definition) is 5. The first-order chi connectivity index (χ1) is 15.1. The molecule has 2 aromatic heterocycles. The number of nitrogens with one attached hydrogen (secondary N) is 2. The number of carbonyl (C=O) groups is 1. The number of fused-ring (bicyclic) bond motifs is 1. The monoisotopic (exact) mass is 479 g/mol. The number of hydrogen-bond donors (Lipinski definition) is 3. The standard InChI is InChI=1S/C23H22BrN5O2/c24-18-15-27-29-21(14-19(28-23(18)29)17-8-4-5-9-20(17)30)25-12-13-26-22(31)11-10-16-6-2-1-3-7-16/h1-9,14-15,25,30H,10-13H2,(H,26,31). The molecule has 0 aliphatic heterocycles. The zero-order valence-electron chi connectivity index (χ0n) is 16.8. The Morgan fingerprint density at radius 2 is 1.84 bits per heavy atom. The van der Waals surface area contributed by atoms with E-state index in [9.17, 15) is 9.90 Å². The number of aryl methyl sites for hydroxylation is 1. The van der Waals surface area contributed by atoms with Crippen molar-refractivity contribution in [3.8, 4) is 17.0 Å². The van der Waals surface area contributed by atoms with Crippen molar-refractivity contribution in [2.24, 2.45) is 0 Å². The van der Waals surface area contributed by atoms with Crippen LogP contribution in [0.1, 0.15) is 12.0 Å². The molecule has 4 rings (SSSR count). The van der Waals surface area contributed by atoms with Gasteiger partial charge in [0.25, 0.3) is 0 Å². The Labute approximate surface area is 188 Å². The number of carbonyl (C=O) groups excluding carboxylic acids is 1. The summed E-state index contributed by atoms with van der Waals surface area (Å²) in [5.74, 6) is 0.890. The van der Waals surface area contributed by atoms with Crippen LogP contribution >= 0.6 is 15.9 Å². The van der Waals surface area contributed by atoms with E-state index in [-0.39, 0.29) is 11.7 Å². The van der Waals surface area contributed by atoms with Gasteiger partial charge in [0.1, 0.15) is 11.6 Å². The molecule has 7 nitrogen and oxygen atoms in total. The number of anilines is 1. The second kappa shape index (κ2) is 9.61. The Hall–Kier alpha value is -3.39. The van der Waals surface area contributed by atoms with Crippen LogP contribution in [0.3, 0.4) is 0 Å². The summed E-state index contributed by atoms with van der Waals surface area (Å²) in [5.41, 5.74) is 3.04. The fourth-order valence-electron chi connectivity index (χ4n) is 3.27. The van der Waals surface area contributed by atoms with Crippen LogP contribution in [-0.2, 0) is 11.2 Å². The molecule has 0 bridgehead atoms. The molecule has 0 fully saturated rings. The molecular weight excluding hydrogens is 458 g/mol. The van der Waals surface area contributed by atoms with E-state index in [1.807, 2.05) is 48.5 Å². The molecule has 0 atom stereocenters. The first-order valence-electron chi connectivity index (χ1n) is 9.99. The van der Waals surface area contributed by atoms with Crippen molar-refractivity contribution in [3.05, 3.63) is 76.9 Å². The van der Waals surface area contributed by atoms with E-state index in [1.165, 1.54) is 0 Å². The Kier molecular flexibility index (Phi) is 6.47. The summed E-state index contributed by atoms with van der Waals surface area (Å²) < 4.78 is 2.44. The first kappa shape index (κ1) is 20.9. The molecule has 0 aliphatic carbocycles. The minimum atomic E-state index is 0.0160. The van der Waals surface area contributed by atoms with Gasteiger partial charge in [0, 0.05) is 31.1 Å². The molecule has 2 aromatic carbocycles. The van der Waals surface area contributed by atoms with Crippen molar-refractivity contribution in [2.45, 2.75) is 12.8 Å². The lowest BCUT2D eigenvalue weighted by molar-refractivity contribution is -0.120. The molecule has 0 saturated heterocycles. The van der Waals surface area contributed by atoms with Crippen molar-refractivity contribution in [2.75, 3.05) is 18.4 Å². The summed E-state index contributed by atoms with van der Waals surface area (Å²) in [5, 5.41) is 20.8. The molecule has 31 heavy (non-hydrogen) atoms.